The van der Waals surface area contributed by atoms with E-state index in [4.69, 9.17) is 0 Å². The van der Waals surface area contributed by atoms with Crippen LogP contribution in [0, 0.1) is 0 Å². The zero-order valence-electron chi connectivity index (χ0n) is 12.5. The van der Waals surface area contributed by atoms with Crippen LogP contribution in [-0.4, -0.2) is 42.0 Å². The lowest BCUT2D eigenvalue weighted by Gasteiger charge is -2.19. The fourth-order valence-electron chi connectivity index (χ4n) is 2.06. The molecule has 1 aromatic heterocycles. The van der Waals surface area contributed by atoms with Crippen molar-refractivity contribution in [1.82, 2.24) is 15.1 Å². The molecule has 8 heteroatoms. The Balaban J connectivity index is 1.87. The van der Waals surface area contributed by atoms with E-state index in [0.717, 1.165) is 5.69 Å². The third-order valence-corrected chi connectivity index (χ3v) is 3.21. The standard InChI is InChI=1S/C15H17F3N4O/c1-21(12-5-3-2-4-6-12)10-9-19-14(23)13-7-8-20-22(13)11-15(16,17)18/h2-8H,9-11H2,1H3,(H,19,23). The molecule has 2 aromatic rings. The van der Waals surface area contributed by atoms with Gasteiger partial charge in [0.05, 0.1) is 0 Å². The number of alkyl halides is 3. The molecule has 0 spiro atoms. The molecule has 2 rings (SSSR count). The molecular weight excluding hydrogens is 309 g/mol. The van der Waals surface area contributed by atoms with Crippen LogP contribution in [0.1, 0.15) is 10.5 Å². The number of amides is 1. The summed E-state index contributed by atoms with van der Waals surface area (Å²) in [7, 11) is 1.87. The molecule has 0 radical (unpaired) electrons. The molecule has 1 amide bonds. The number of anilines is 1. The molecule has 1 N–H and O–H groups in total. The predicted molar refractivity (Wildman–Crippen MR) is 80.3 cm³/mol. The number of hydrogen-bond donors (Lipinski definition) is 1. The van der Waals surface area contributed by atoms with Gasteiger partial charge >= 0.3 is 6.18 Å². The molecule has 0 aliphatic heterocycles. The largest absolute Gasteiger partial charge is 0.408 e. The molecule has 5 nitrogen and oxygen atoms in total. The molecule has 0 saturated heterocycles. The molecular formula is C15H17F3N4O. The first-order valence-corrected chi connectivity index (χ1v) is 7.00. The van der Waals surface area contributed by atoms with Gasteiger partial charge in [-0.3, -0.25) is 9.48 Å². The third-order valence-electron chi connectivity index (χ3n) is 3.21. The Labute approximate surface area is 131 Å². The van der Waals surface area contributed by atoms with Crippen LogP contribution in [0.2, 0.25) is 0 Å². The number of likely N-dealkylation sites (N-methyl/N-ethyl adjacent to an activating group) is 1. The van der Waals surface area contributed by atoms with Gasteiger partial charge in [0.15, 0.2) is 0 Å². The number of carbonyl (C=O) groups excluding carboxylic acids is 1. The first-order valence-electron chi connectivity index (χ1n) is 7.00. The summed E-state index contributed by atoms with van der Waals surface area (Å²) >= 11 is 0. The molecule has 0 fully saturated rings. The summed E-state index contributed by atoms with van der Waals surface area (Å²) in [6.45, 7) is -0.447. The number of halogens is 3. The summed E-state index contributed by atoms with van der Waals surface area (Å²) in [5, 5.41) is 6.14. The second-order valence-corrected chi connectivity index (χ2v) is 5.00. The van der Waals surface area contributed by atoms with Gasteiger partial charge in [-0.15, -0.1) is 0 Å². The monoisotopic (exact) mass is 326 g/mol. The first-order chi connectivity index (χ1) is 10.9. The van der Waals surface area contributed by atoms with Crippen LogP contribution in [0.15, 0.2) is 42.6 Å². The van der Waals surface area contributed by atoms with Gasteiger partial charge in [-0.1, -0.05) is 18.2 Å². The molecule has 1 aromatic carbocycles. The van der Waals surface area contributed by atoms with Crippen molar-refractivity contribution in [2.24, 2.45) is 0 Å². The molecule has 124 valence electrons. The quantitative estimate of drug-likeness (QED) is 0.886. The van der Waals surface area contributed by atoms with Gasteiger partial charge in [0.2, 0.25) is 0 Å². The van der Waals surface area contributed by atoms with Gasteiger partial charge in [-0.2, -0.15) is 18.3 Å². The van der Waals surface area contributed by atoms with Gasteiger partial charge in [-0.05, 0) is 18.2 Å². The first kappa shape index (κ1) is 16.9. The maximum absolute atomic E-state index is 12.4. The van der Waals surface area contributed by atoms with Crippen LogP contribution in [0.3, 0.4) is 0 Å². The van der Waals surface area contributed by atoms with Gasteiger partial charge in [-0.25, -0.2) is 0 Å². The molecule has 23 heavy (non-hydrogen) atoms. The van der Waals surface area contributed by atoms with Crippen molar-refractivity contribution in [2.45, 2.75) is 12.7 Å². The highest BCUT2D eigenvalue weighted by Crippen LogP contribution is 2.18. The number of rotatable bonds is 6. The van der Waals surface area contributed by atoms with E-state index in [-0.39, 0.29) is 5.69 Å². The minimum absolute atomic E-state index is 0.107. The van der Waals surface area contributed by atoms with Crippen molar-refractivity contribution in [3.05, 3.63) is 48.3 Å². The second-order valence-electron chi connectivity index (χ2n) is 5.00. The highest BCUT2D eigenvalue weighted by molar-refractivity contribution is 5.92. The lowest BCUT2D eigenvalue weighted by Crippen LogP contribution is -2.34. The van der Waals surface area contributed by atoms with Gasteiger partial charge < -0.3 is 10.2 Å². The SMILES string of the molecule is CN(CCNC(=O)c1ccnn1CC(F)(F)F)c1ccccc1. The molecule has 0 saturated carbocycles. The average molecular weight is 326 g/mol. The highest BCUT2D eigenvalue weighted by Gasteiger charge is 2.30. The Hall–Kier alpha value is -2.51. The van der Waals surface area contributed by atoms with Gasteiger partial charge in [0, 0.05) is 32.0 Å². The number of hydrogen-bond acceptors (Lipinski definition) is 3. The Kier molecular flexibility index (Phi) is 5.25. The zero-order chi connectivity index (χ0) is 16.9. The van der Waals surface area contributed by atoms with Crippen LogP contribution in [0.5, 0.6) is 0 Å². The van der Waals surface area contributed by atoms with E-state index in [0.29, 0.717) is 17.8 Å². The Bertz CT molecular complexity index is 640. The second kappa shape index (κ2) is 7.17. The summed E-state index contributed by atoms with van der Waals surface area (Å²) in [5.74, 6) is -0.576. The topological polar surface area (TPSA) is 50.2 Å². The van der Waals surface area contributed by atoms with E-state index < -0.39 is 18.6 Å². The third kappa shape index (κ3) is 5.01. The summed E-state index contributed by atoms with van der Waals surface area (Å²) < 4.78 is 37.9. The minimum Gasteiger partial charge on any atom is -0.373 e. The Morgan fingerprint density at radius 3 is 2.61 bits per heavy atom. The Morgan fingerprint density at radius 1 is 1.26 bits per heavy atom. The molecule has 1 heterocycles. The maximum Gasteiger partial charge on any atom is 0.408 e. The van der Waals surface area contributed by atoms with Crippen molar-refractivity contribution in [3.8, 4) is 0 Å². The number of para-hydroxylation sites is 1. The summed E-state index contributed by atoms with van der Waals surface area (Å²) in [4.78, 5) is 13.9. The van der Waals surface area contributed by atoms with E-state index in [9.17, 15) is 18.0 Å². The van der Waals surface area contributed by atoms with E-state index in [1.54, 1.807) is 0 Å². The van der Waals surface area contributed by atoms with Crippen LogP contribution in [0.4, 0.5) is 18.9 Å². The van der Waals surface area contributed by atoms with E-state index in [1.165, 1.54) is 12.3 Å². The van der Waals surface area contributed by atoms with E-state index in [2.05, 4.69) is 10.4 Å². The Morgan fingerprint density at radius 2 is 1.96 bits per heavy atom. The number of nitrogens with zero attached hydrogens (tertiary/aromatic N) is 3. The zero-order valence-corrected chi connectivity index (χ0v) is 12.5. The number of carbonyl (C=O) groups is 1. The number of nitrogens with one attached hydrogen (secondary N) is 1. The fraction of sp³-hybridized carbons (Fsp3) is 0.333. The lowest BCUT2D eigenvalue weighted by molar-refractivity contribution is -0.142. The predicted octanol–water partition coefficient (Wildman–Crippen LogP) is 2.31. The normalized spacial score (nSPS) is 11.3. The highest BCUT2D eigenvalue weighted by atomic mass is 19.4. The van der Waals surface area contributed by atoms with Crippen LogP contribution in [-0.2, 0) is 6.54 Å². The van der Waals surface area contributed by atoms with Crippen molar-refractivity contribution in [2.75, 3.05) is 25.0 Å². The smallest absolute Gasteiger partial charge is 0.373 e. The van der Waals surface area contributed by atoms with Crippen LogP contribution >= 0.6 is 0 Å². The van der Waals surface area contributed by atoms with Crippen molar-refractivity contribution >= 4 is 11.6 Å². The fourth-order valence-corrected chi connectivity index (χ4v) is 2.06. The minimum atomic E-state index is -4.42. The van der Waals surface area contributed by atoms with Crippen molar-refractivity contribution in [3.63, 3.8) is 0 Å². The maximum atomic E-state index is 12.4. The number of aromatic nitrogens is 2. The van der Waals surface area contributed by atoms with Crippen molar-refractivity contribution < 1.29 is 18.0 Å². The average Bonchev–Trinajstić information content (AvgIpc) is 2.94. The van der Waals surface area contributed by atoms with Gasteiger partial charge in [0.25, 0.3) is 5.91 Å². The molecule has 0 unspecified atom stereocenters. The van der Waals surface area contributed by atoms with E-state index >= 15 is 0 Å². The molecule has 0 bridgehead atoms. The summed E-state index contributed by atoms with van der Waals surface area (Å²) in [6.07, 6.45) is -3.24. The molecule has 0 atom stereocenters. The number of benzene rings is 1. The molecule has 0 aliphatic carbocycles. The van der Waals surface area contributed by atoms with Gasteiger partial charge in [0.1, 0.15) is 12.2 Å². The molecule has 0 aliphatic rings. The van der Waals surface area contributed by atoms with E-state index in [1.807, 2.05) is 42.3 Å². The van der Waals surface area contributed by atoms with Crippen LogP contribution in [0.25, 0.3) is 0 Å². The lowest BCUT2D eigenvalue weighted by atomic mass is 10.3. The van der Waals surface area contributed by atoms with Crippen molar-refractivity contribution in [1.29, 1.82) is 0 Å². The summed E-state index contributed by atoms with van der Waals surface area (Å²) in [6, 6.07) is 10.8. The van der Waals surface area contributed by atoms with Crippen LogP contribution < -0.4 is 10.2 Å². The summed E-state index contributed by atoms with van der Waals surface area (Å²) in [5.41, 5.74) is 0.883.